The first kappa shape index (κ1) is 36.7. The van der Waals surface area contributed by atoms with Crippen molar-refractivity contribution in [3.05, 3.63) is 39.8 Å². The van der Waals surface area contributed by atoms with E-state index in [2.05, 4.69) is 33.9 Å². The number of esters is 1. The molecule has 0 spiro atoms. The fraction of sp³-hybridized carbons (Fsp3) is 0.618. The zero-order valence-corrected chi connectivity index (χ0v) is 31.5. The smallest absolute Gasteiger partial charge is 0.354 e. The molecule has 1 atom stereocenters. The molecule has 9 nitrogen and oxygen atoms in total. The average molecular weight is 692 g/mol. The van der Waals surface area contributed by atoms with Crippen molar-refractivity contribution in [2.45, 2.75) is 110 Å². The molecule has 0 N–H and O–H groups in total. The van der Waals surface area contributed by atoms with Gasteiger partial charge < -0.3 is 23.2 Å². The van der Waals surface area contributed by atoms with Gasteiger partial charge in [-0.2, -0.15) is 5.10 Å². The Morgan fingerprint density at radius 3 is 2.50 bits per heavy atom. The predicted molar refractivity (Wildman–Crippen MR) is 188 cm³/mol. The van der Waals surface area contributed by atoms with Crippen LogP contribution in [0.3, 0.4) is 0 Å². The van der Waals surface area contributed by atoms with E-state index in [4.69, 9.17) is 35.3 Å². The summed E-state index contributed by atoms with van der Waals surface area (Å²) in [5.74, 6) is 0.0231. The summed E-state index contributed by atoms with van der Waals surface area (Å²) in [5, 5.41) is 6.47. The van der Waals surface area contributed by atoms with Gasteiger partial charge in [0.2, 0.25) is 0 Å². The predicted octanol–water partition coefficient (Wildman–Crippen LogP) is 8.30. The second-order valence-corrected chi connectivity index (χ2v) is 19.8. The normalized spacial score (nSPS) is 15.9. The standard InChI is InChI=1S/C34H50ClN3O6SSi/c1-22-29-26(37(32(22)33(40)41-7)16-12-19-44-46(8,9)34(4,5)6)15-14-25(35)31(29)30-23(2)36-38(27(30)21-45-24(3)39)17-20-43-28-13-10-11-18-42-28/h14-15,28H,10-13,16-21H2,1-9H3. The third kappa shape index (κ3) is 8.10. The van der Waals surface area contributed by atoms with Crippen molar-refractivity contribution in [1.82, 2.24) is 14.3 Å². The second kappa shape index (κ2) is 15.4. The number of hydrogen-bond donors (Lipinski definition) is 0. The molecule has 0 bridgehead atoms. The largest absolute Gasteiger partial charge is 0.464 e. The number of carbonyl (C=O) groups is 2. The van der Waals surface area contributed by atoms with Crippen LogP contribution in [0.5, 0.6) is 0 Å². The highest BCUT2D eigenvalue weighted by atomic mass is 35.5. The number of hydrogen-bond acceptors (Lipinski definition) is 8. The molecule has 3 aromatic rings. The van der Waals surface area contributed by atoms with E-state index >= 15 is 0 Å². The molecule has 3 heterocycles. The highest BCUT2D eigenvalue weighted by molar-refractivity contribution is 8.12. The molecule has 0 radical (unpaired) electrons. The molecule has 4 rings (SSSR count). The Labute approximate surface area is 283 Å². The maximum Gasteiger partial charge on any atom is 0.354 e. The van der Waals surface area contributed by atoms with Gasteiger partial charge in [-0.15, -0.1) is 0 Å². The SMILES string of the molecule is COC(=O)c1c(C)c2c(-c3c(C)nn(CCOC4CCCCO4)c3CSC(C)=O)c(Cl)ccc2n1CCCO[Si](C)(C)C(C)(C)C. The quantitative estimate of drug-likeness (QED) is 0.100. The summed E-state index contributed by atoms with van der Waals surface area (Å²) < 4.78 is 27.5. The lowest BCUT2D eigenvalue weighted by molar-refractivity contribution is -0.163. The molecule has 1 aromatic carbocycles. The van der Waals surface area contributed by atoms with Gasteiger partial charge >= 0.3 is 5.97 Å². The lowest BCUT2D eigenvalue weighted by Crippen LogP contribution is -2.41. The van der Waals surface area contributed by atoms with E-state index in [1.165, 1.54) is 18.9 Å². The van der Waals surface area contributed by atoms with Gasteiger partial charge in [0.15, 0.2) is 19.7 Å². The van der Waals surface area contributed by atoms with Crippen molar-refractivity contribution in [3.63, 3.8) is 0 Å². The fourth-order valence-electron chi connectivity index (χ4n) is 5.78. The number of aryl methyl sites for hydroxylation is 3. The molecule has 0 amide bonds. The van der Waals surface area contributed by atoms with Crippen LogP contribution in [0.2, 0.25) is 23.2 Å². The summed E-state index contributed by atoms with van der Waals surface area (Å²) in [7, 11) is -0.503. The Morgan fingerprint density at radius 2 is 1.87 bits per heavy atom. The van der Waals surface area contributed by atoms with E-state index < -0.39 is 14.3 Å². The molecule has 46 heavy (non-hydrogen) atoms. The molecule has 1 fully saturated rings. The molecule has 254 valence electrons. The fourth-order valence-corrected chi connectivity index (χ4v) is 7.76. The first-order valence-electron chi connectivity index (χ1n) is 16.1. The molecule has 0 aliphatic carbocycles. The Bertz CT molecular complexity index is 1550. The van der Waals surface area contributed by atoms with Gasteiger partial charge in [0.05, 0.1) is 31.6 Å². The van der Waals surface area contributed by atoms with Gasteiger partial charge in [0, 0.05) is 59.5 Å². The summed E-state index contributed by atoms with van der Waals surface area (Å²) in [4.78, 5) is 25.4. The Hall–Kier alpha value is -2.15. The third-order valence-corrected chi connectivity index (χ3v) is 14.9. The molecule has 2 aromatic heterocycles. The van der Waals surface area contributed by atoms with Crippen molar-refractivity contribution in [2.24, 2.45) is 0 Å². The molecule has 12 heteroatoms. The van der Waals surface area contributed by atoms with Crippen molar-refractivity contribution < 1.29 is 28.2 Å². The van der Waals surface area contributed by atoms with Crippen LogP contribution in [-0.2, 0) is 42.3 Å². The maximum atomic E-state index is 13.3. The zero-order valence-electron chi connectivity index (χ0n) is 28.9. The van der Waals surface area contributed by atoms with Crippen molar-refractivity contribution >= 4 is 53.7 Å². The molecular formula is C34H50ClN3O6SSi. The summed E-state index contributed by atoms with van der Waals surface area (Å²) in [6.07, 6.45) is 3.57. The summed E-state index contributed by atoms with van der Waals surface area (Å²) in [6, 6.07) is 3.85. The van der Waals surface area contributed by atoms with Crippen LogP contribution in [0.1, 0.15) is 80.8 Å². The van der Waals surface area contributed by atoms with E-state index in [0.29, 0.717) is 42.8 Å². The Balaban J connectivity index is 1.76. The van der Waals surface area contributed by atoms with Gasteiger partial charge in [-0.25, -0.2) is 4.79 Å². The van der Waals surface area contributed by atoms with E-state index in [-0.39, 0.29) is 16.4 Å². The first-order valence-corrected chi connectivity index (χ1v) is 20.4. The monoisotopic (exact) mass is 691 g/mol. The number of benzene rings is 1. The first-order chi connectivity index (χ1) is 21.7. The summed E-state index contributed by atoms with van der Waals surface area (Å²) in [6.45, 7) is 19.5. The van der Waals surface area contributed by atoms with Crippen molar-refractivity contribution in [1.29, 1.82) is 0 Å². The maximum absolute atomic E-state index is 13.3. The molecule has 1 saturated heterocycles. The Morgan fingerprint density at radius 1 is 1.13 bits per heavy atom. The van der Waals surface area contributed by atoms with Crippen LogP contribution in [0, 0.1) is 13.8 Å². The lowest BCUT2D eigenvalue weighted by Gasteiger charge is -2.36. The minimum absolute atomic E-state index is 0.0164. The van der Waals surface area contributed by atoms with Crippen LogP contribution in [0.25, 0.3) is 22.0 Å². The number of halogens is 1. The van der Waals surface area contributed by atoms with E-state index in [0.717, 1.165) is 71.3 Å². The average Bonchev–Trinajstić information content (AvgIpc) is 3.46. The highest BCUT2D eigenvalue weighted by Crippen LogP contribution is 2.43. The molecular weight excluding hydrogens is 642 g/mol. The van der Waals surface area contributed by atoms with Crippen LogP contribution < -0.4 is 0 Å². The van der Waals surface area contributed by atoms with Gasteiger partial charge in [0.1, 0.15) is 5.69 Å². The van der Waals surface area contributed by atoms with E-state index in [1.54, 1.807) is 6.92 Å². The summed E-state index contributed by atoms with van der Waals surface area (Å²) in [5.41, 5.74) is 5.53. The number of methoxy groups -OCH3 is 1. The molecule has 1 aliphatic heterocycles. The molecule has 1 aliphatic rings. The molecule has 1 unspecified atom stereocenters. The van der Waals surface area contributed by atoms with Gasteiger partial charge in [-0.05, 0) is 75.4 Å². The number of carbonyl (C=O) groups excluding carboxylic acids is 2. The summed E-state index contributed by atoms with van der Waals surface area (Å²) >= 11 is 8.27. The van der Waals surface area contributed by atoms with Gasteiger partial charge in [-0.3, -0.25) is 9.48 Å². The van der Waals surface area contributed by atoms with E-state index in [1.807, 2.05) is 35.2 Å². The molecule has 0 saturated carbocycles. The van der Waals surface area contributed by atoms with Crippen LogP contribution in [-0.4, -0.2) is 67.0 Å². The van der Waals surface area contributed by atoms with Crippen molar-refractivity contribution in [3.8, 4) is 11.1 Å². The zero-order chi connectivity index (χ0) is 33.8. The van der Waals surface area contributed by atoms with Crippen LogP contribution >= 0.6 is 23.4 Å². The topological polar surface area (TPSA) is 93.8 Å². The number of aromatic nitrogens is 3. The highest BCUT2D eigenvalue weighted by Gasteiger charge is 2.37. The van der Waals surface area contributed by atoms with E-state index in [9.17, 15) is 9.59 Å². The number of thioether (sulfide) groups is 1. The van der Waals surface area contributed by atoms with Crippen molar-refractivity contribution in [2.75, 3.05) is 26.9 Å². The minimum Gasteiger partial charge on any atom is -0.464 e. The van der Waals surface area contributed by atoms with Crippen LogP contribution in [0.4, 0.5) is 0 Å². The van der Waals surface area contributed by atoms with Gasteiger partial charge in [-0.1, -0.05) is 44.1 Å². The number of nitrogens with zero attached hydrogens (tertiary/aromatic N) is 3. The number of ether oxygens (including phenoxy) is 3. The Kier molecular flexibility index (Phi) is 12.3. The van der Waals surface area contributed by atoms with Gasteiger partial charge in [0.25, 0.3) is 0 Å². The number of fused-ring (bicyclic) bond motifs is 1. The third-order valence-electron chi connectivity index (χ3n) is 9.24. The number of rotatable bonds is 13. The minimum atomic E-state index is -1.91. The second-order valence-electron chi connectivity index (χ2n) is 13.5. The van der Waals surface area contributed by atoms with Crippen LogP contribution in [0.15, 0.2) is 12.1 Å². The lowest BCUT2D eigenvalue weighted by atomic mass is 9.97.